The summed E-state index contributed by atoms with van der Waals surface area (Å²) in [6, 6.07) is 0.145. The van der Waals surface area contributed by atoms with Crippen molar-refractivity contribution in [1.29, 1.82) is 0 Å². The number of hydrogen-bond donors (Lipinski definition) is 1. The fourth-order valence-corrected chi connectivity index (χ4v) is 5.29. The van der Waals surface area contributed by atoms with E-state index in [1.807, 2.05) is 6.92 Å². The number of hydrogen-bond acceptors (Lipinski definition) is 4. The Morgan fingerprint density at radius 3 is 2.26 bits per heavy atom. The molecule has 1 aliphatic heterocycles. The van der Waals surface area contributed by atoms with Crippen LogP contribution in [-0.4, -0.2) is 49.7 Å². The predicted molar refractivity (Wildman–Crippen MR) is 85.8 cm³/mol. The summed E-state index contributed by atoms with van der Waals surface area (Å²) in [5.74, 6) is 1.52. The van der Waals surface area contributed by atoms with Crippen LogP contribution in [-0.2, 0) is 9.84 Å². The normalized spacial score (nSPS) is 24.5. The van der Waals surface area contributed by atoms with Crippen LogP contribution < -0.4 is 0 Å². The maximum atomic E-state index is 11.7. The molecule has 0 aromatic rings. The van der Waals surface area contributed by atoms with Crippen molar-refractivity contribution in [3.8, 4) is 0 Å². The third-order valence-corrected chi connectivity index (χ3v) is 6.71. The summed E-state index contributed by atoms with van der Waals surface area (Å²) >= 11 is 4.59. The van der Waals surface area contributed by atoms with Crippen LogP contribution in [0.3, 0.4) is 0 Å². The van der Waals surface area contributed by atoms with Gasteiger partial charge >= 0.3 is 0 Å². The molecule has 19 heavy (non-hydrogen) atoms. The van der Waals surface area contributed by atoms with Gasteiger partial charge in [-0.3, -0.25) is 4.90 Å². The van der Waals surface area contributed by atoms with Crippen LogP contribution in [0.4, 0.5) is 0 Å². The molecule has 0 radical (unpaired) electrons. The minimum Gasteiger partial charge on any atom is -0.298 e. The fourth-order valence-electron chi connectivity index (χ4n) is 3.25. The van der Waals surface area contributed by atoms with Crippen LogP contribution in [0.15, 0.2) is 0 Å². The predicted octanol–water partition coefficient (Wildman–Crippen LogP) is 2.62. The van der Waals surface area contributed by atoms with Crippen molar-refractivity contribution < 1.29 is 8.42 Å². The molecule has 1 unspecified atom stereocenters. The van der Waals surface area contributed by atoms with Crippen LogP contribution in [0.25, 0.3) is 0 Å². The molecule has 0 saturated carbocycles. The molecule has 1 rings (SSSR count). The zero-order valence-corrected chi connectivity index (χ0v) is 14.3. The van der Waals surface area contributed by atoms with Gasteiger partial charge in [0.1, 0.15) is 0 Å². The van der Waals surface area contributed by atoms with Crippen LogP contribution in [0.1, 0.15) is 46.5 Å². The van der Waals surface area contributed by atoms with Gasteiger partial charge in [-0.05, 0) is 30.9 Å². The summed E-state index contributed by atoms with van der Waals surface area (Å²) in [4.78, 5) is 2.36. The minimum absolute atomic E-state index is 0.145. The smallest absolute Gasteiger partial charge is 0.153 e. The van der Waals surface area contributed by atoms with Gasteiger partial charge in [0.15, 0.2) is 9.84 Å². The maximum Gasteiger partial charge on any atom is 0.153 e. The first-order chi connectivity index (χ1) is 8.88. The van der Waals surface area contributed by atoms with Gasteiger partial charge in [0.05, 0.1) is 11.5 Å². The summed E-state index contributed by atoms with van der Waals surface area (Å²) in [7, 11) is -2.81. The van der Waals surface area contributed by atoms with Crippen LogP contribution in [0, 0.1) is 5.41 Å². The zero-order chi connectivity index (χ0) is 14.5. The van der Waals surface area contributed by atoms with E-state index in [1.165, 1.54) is 25.7 Å². The number of sulfone groups is 1. The first-order valence-electron chi connectivity index (χ1n) is 7.43. The highest BCUT2D eigenvalue weighted by Crippen LogP contribution is 2.33. The second-order valence-electron chi connectivity index (χ2n) is 6.09. The Morgan fingerprint density at radius 1 is 1.26 bits per heavy atom. The topological polar surface area (TPSA) is 37.4 Å². The Kier molecular flexibility index (Phi) is 6.67. The van der Waals surface area contributed by atoms with E-state index in [9.17, 15) is 8.42 Å². The standard InChI is InChI=1S/C14H29NO2S2/c1-4-6-14(12-18,7-5-2)11-15-8-9-19(16,17)10-13(15)3/h13,18H,4-12H2,1-3H3. The van der Waals surface area contributed by atoms with Crippen molar-refractivity contribution in [3.05, 3.63) is 0 Å². The van der Waals surface area contributed by atoms with Gasteiger partial charge < -0.3 is 0 Å². The lowest BCUT2D eigenvalue weighted by Gasteiger charge is -2.42. The maximum absolute atomic E-state index is 11.7. The molecule has 0 amide bonds. The fraction of sp³-hybridized carbons (Fsp3) is 1.00. The van der Waals surface area contributed by atoms with Crippen molar-refractivity contribution >= 4 is 22.5 Å². The minimum atomic E-state index is -2.81. The Bertz CT molecular complexity index is 362. The van der Waals surface area contributed by atoms with Crippen LogP contribution in [0.5, 0.6) is 0 Å². The van der Waals surface area contributed by atoms with Crippen LogP contribution >= 0.6 is 12.6 Å². The second kappa shape index (κ2) is 7.32. The van der Waals surface area contributed by atoms with E-state index in [2.05, 4.69) is 31.4 Å². The molecule has 0 bridgehead atoms. The molecule has 114 valence electrons. The van der Waals surface area contributed by atoms with Gasteiger partial charge in [-0.1, -0.05) is 26.7 Å². The van der Waals surface area contributed by atoms with Gasteiger partial charge in [-0.25, -0.2) is 8.42 Å². The lowest BCUT2D eigenvalue weighted by molar-refractivity contribution is 0.122. The van der Waals surface area contributed by atoms with E-state index in [4.69, 9.17) is 0 Å². The van der Waals surface area contributed by atoms with Gasteiger partial charge in [-0.15, -0.1) is 0 Å². The molecule has 0 N–H and O–H groups in total. The van der Waals surface area contributed by atoms with E-state index < -0.39 is 9.84 Å². The Balaban J connectivity index is 2.73. The lowest BCUT2D eigenvalue weighted by atomic mass is 9.80. The van der Waals surface area contributed by atoms with E-state index in [0.29, 0.717) is 18.1 Å². The second-order valence-corrected chi connectivity index (χ2v) is 8.64. The van der Waals surface area contributed by atoms with Crippen LogP contribution in [0.2, 0.25) is 0 Å². The Hall–Kier alpha value is 0.260. The average molecular weight is 308 g/mol. The average Bonchev–Trinajstić information content (AvgIpc) is 2.33. The number of rotatable bonds is 7. The van der Waals surface area contributed by atoms with Crippen molar-refractivity contribution in [3.63, 3.8) is 0 Å². The van der Waals surface area contributed by atoms with Crippen molar-refractivity contribution in [2.75, 3.05) is 30.3 Å². The summed E-state index contributed by atoms with van der Waals surface area (Å²) in [6.45, 7) is 8.16. The van der Waals surface area contributed by atoms with Gasteiger partial charge in [-0.2, -0.15) is 12.6 Å². The summed E-state index contributed by atoms with van der Waals surface area (Å²) in [6.07, 6.45) is 4.70. The lowest BCUT2D eigenvalue weighted by Crippen LogP contribution is -2.51. The van der Waals surface area contributed by atoms with Crippen molar-refractivity contribution in [2.24, 2.45) is 5.41 Å². The molecule has 5 heteroatoms. The first kappa shape index (κ1) is 17.3. The molecule has 0 aliphatic carbocycles. The third kappa shape index (κ3) is 4.94. The highest BCUT2D eigenvalue weighted by Gasteiger charge is 2.35. The van der Waals surface area contributed by atoms with Gasteiger partial charge in [0.25, 0.3) is 0 Å². The molecule has 1 saturated heterocycles. The first-order valence-corrected chi connectivity index (χ1v) is 9.89. The van der Waals surface area contributed by atoms with E-state index in [1.54, 1.807) is 0 Å². The molecule has 1 aliphatic rings. The van der Waals surface area contributed by atoms with E-state index in [-0.39, 0.29) is 11.5 Å². The molecule has 1 atom stereocenters. The molecular weight excluding hydrogens is 278 g/mol. The van der Waals surface area contributed by atoms with Gasteiger partial charge in [0.2, 0.25) is 0 Å². The molecule has 0 aromatic carbocycles. The van der Waals surface area contributed by atoms with Crippen molar-refractivity contribution in [2.45, 2.75) is 52.5 Å². The quantitative estimate of drug-likeness (QED) is 0.735. The monoisotopic (exact) mass is 307 g/mol. The Labute approximate surface area is 124 Å². The molecule has 0 aromatic heterocycles. The molecule has 1 heterocycles. The number of nitrogens with zero attached hydrogens (tertiary/aromatic N) is 1. The van der Waals surface area contributed by atoms with E-state index in [0.717, 1.165) is 12.3 Å². The highest BCUT2D eigenvalue weighted by molar-refractivity contribution is 7.91. The van der Waals surface area contributed by atoms with E-state index >= 15 is 0 Å². The third-order valence-electron chi connectivity index (χ3n) is 4.24. The molecule has 1 fully saturated rings. The molecular formula is C14H29NO2S2. The summed E-state index contributed by atoms with van der Waals surface area (Å²) in [5.41, 5.74) is 0.252. The summed E-state index contributed by atoms with van der Waals surface area (Å²) < 4.78 is 23.3. The highest BCUT2D eigenvalue weighted by atomic mass is 32.2. The summed E-state index contributed by atoms with van der Waals surface area (Å²) in [5, 5.41) is 0. The van der Waals surface area contributed by atoms with Gasteiger partial charge in [0, 0.05) is 19.1 Å². The molecule has 3 nitrogen and oxygen atoms in total. The zero-order valence-electron chi connectivity index (χ0n) is 12.6. The number of thiol groups is 1. The molecule has 0 spiro atoms. The Morgan fingerprint density at radius 2 is 1.84 bits per heavy atom. The largest absolute Gasteiger partial charge is 0.298 e. The SMILES string of the molecule is CCCC(CS)(CCC)CN1CCS(=O)(=O)CC1C. The van der Waals surface area contributed by atoms with Crippen molar-refractivity contribution in [1.82, 2.24) is 4.90 Å².